The van der Waals surface area contributed by atoms with Gasteiger partial charge in [0.05, 0.1) is 39.9 Å². The van der Waals surface area contributed by atoms with E-state index in [0.29, 0.717) is 17.4 Å². The summed E-state index contributed by atoms with van der Waals surface area (Å²) in [7, 11) is 1.55. The predicted molar refractivity (Wildman–Crippen MR) is 337 cm³/mol. The second-order valence-corrected chi connectivity index (χ2v) is 24.9. The zero-order valence-electron chi connectivity index (χ0n) is 51.4. The largest absolute Gasteiger partial charge is 0.472 e. The monoisotopic (exact) mass is 1100 g/mol. The lowest BCUT2D eigenvalue weighted by Gasteiger charge is -2.25. The molecule has 3 N–H and O–H groups in total. The quantitative estimate of drug-likeness (QED) is 0.0243. The fraction of sp³-hybridized carbons (Fsp3) is 0.809. The number of carbonyl (C=O) groups excluding carboxylic acids is 1. The summed E-state index contributed by atoms with van der Waals surface area (Å²) in [6, 6.07) is -0.871. The maximum Gasteiger partial charge on any atom is 0.472 e. The number of aliphatic hydroxyl groups excluding tert-OH is 1. The zero-order valence-corrected chi connectivity index (χ0v) is 52.3. The van der Waals surface area contributed by atoms with E-state index in [9.17, 15) is 19.4 Å². The van der Waals surface area contributed by atoms with Crippen molar-refractivity contribution in [3.63, 3.8) is 0 Å². The van der Waals surface area contributed by atoms with Crippen LogP contribution in [0, 0.1) is 0 Å². The third-order valence-corrected chi connectivity index (χ3v) is 15.6. The van der Waals surface area contributed by atoms with E-state index in [2.05, 4.69) is 79.9 Å². The fourth-order valence-corrected chi connectivity index (χ4v) is 10.3. The van der Waals surface area contributed by atoms with Crippen molar-refractivity contribution in [1.29, 1.82) is 0 Å². The molecule has 9 heteroatoms. The molecular formula is C68H128N2O6P+. The van der Waals surface area contributed by atoms with Crippen molar-refractivity contribution in [2.45, 2.75) is 315 Å². The molecule has 77 heavy (non-hydrogen) atoms. The number of unbranched alkanes of at least 4 members (excludes halogenated alkanes) is 37. The first-order valence-corrected chi connectivity index (χ1v) is 34.3. The number of amides is 1. The van der Waals surface area contributed by atoms with Gasteiger partial charge < -0.3 is 19.8 Å². The summed E-state index contributed by atoms with van der Waals surface area (Å²) in [4.78, 5) is 23.4. The van der Waals surface area contributed by atoms with Gasteiger partial charge in [-0.3, -0.25) is 13.8 Å². The summed E-state index contributed by atoms with van der Waals surface area (Å²) in [5.41, 5.74) is 0. The SMILES string of the molecule is CC/C=C\C/C=C\C/C=C\C/C=C\CCCCCCCCCCCCC(=O)NC(COP(=O)(O)OCC[N+](C)(C)C)C(O)/C=C/CC/C=C/CCCCCCCCCCCCCCCCCCCCCCCCCCCC. The van der Waals surface area contributed by atoms with Gasteiger partial charge in [0.25, 0.3) is 0 Å². The van der Waals surface area contributed by atoms with Gasteiger partial charge in [0.15, 0.2) is 0 Å². The highest BCUT2D eigenvalue weighted by molar-refractivity contribution is 7.47. The van der Waals surface area contributed by atoms with Gasteiger partial charge in [-0.05, 0) is 70.6 Å². The van der Waals surface area contributed by atoms with Crippen LogP contribution in [0.3, 0.4) is 0 Å². The van der Waals surface area contributed by atoms with E-state index in [-0.39, 0.29) is 19.1 Å². The van der Waals surface area contributed by atoms with Gasteiger partial charge in [-0.2, -0.15) is 0 Å². The molecule has 0 aliphatic carbocycles. The number of allylic oxidation sites excluding steroid dienone is 11. The molecule has 0 aromatic rings. The normalized spacial score (nSPS) is 14.2. The smallest absolute Gasteiger partial charge is 0.387 e. The Balaban J connectivity index is 4.14. The number of rotatable bonds is 60. The molecule has 8 nitrogen and oxygen atoms in total. The number of nitrogens with zero attached hydrogens (tertiary/aromatic N) is 1. The van der Waals surface area contributed by atoms with Gasteiger partial charge in [-0.1, -0.05) is 299 Å². The summed E-state index contributed by atoms with van der Waals surface area (Å²) in [6.07, 6.45) is 81.9. The van der Waals surface area contributed by atoms with Crippen LogP contribution >= 0.6 is 7.82 Å². The van der Waals surface area contributed by atoms with E-state index in [0.717, 1.165) is 64.2 Å². The average molecular weight is 1100 g/mol. The molecule has 450 valence electrons. The van der Waals surface area contributed by atoms with E-state index < -0.39 is 20.0 Å². The van der Waals surface area contributed by atoms with Crippen molar-refractivity contribution in [2.24, 2.45) is 0 Å². The van der Waals surface area contributed by atoms with Crippen LogP contribution in [0.1, 0.15) is 303 Å². The molecule has 0 saturated carbocycles. The number of aliphatic hydroxyl groups is 1. The van der Waals surface area contributed by atoms with Crippen LogP contribution in [0.25, 0.3) is 0 Å². The molecule has 0 fully saturated rings. The highest BCUT2D eigenvalue weighted by Gasteiger charge is 2.27. The molecule has 0 aromatic carbocycles. The van der Waals surface area contributed by atoms with E-state index >= 15 is 0 Å². The van der Waals surface area contributed by atoms with Crippen LogP contribution in [0.15, 0.2) is 72.9 Å². The predicted octanol–water partition coefficient (Wildman–Crippen LogP) is 20.6. The van der Waals surface area contributed by atoms with Gasteiger partial charge in [-0.15, -0.1) is 0 Å². The number of likely N-dealkylation sites (N-methyl/N-ethyl adjacent to an activating group) is 1. The number of phosphoric ester groups is 1. The Kier molecular flexibility index (Phi) is 57.0. The standard InChI is InChI=1S/C68H127N2O6P/c1-6-8-10-12-14-16-18-20-22-24-26-28-30-31-32-33-34-35-36-37-38-40-41-43-45-47-49-51-53-55-57-59-61-67(71)66(65-76-77(73,74)75-64-63-70(3,4)5)69-68(72)62-60-58-56-54-52-50-48-46-44-42-39-29-27-25-23-21-19-17-15-13-11-9-7-2/h9,11,15,17,21,23,27,29,51,53,59,61,66-67,71H,6-8,10,12-14,16,18-20,22,24-26,28,30-50,52,54-58,60,62-65H2,1-5H3,(H-,69,72,73,74)/p+1/b11-9-,17-15-,23-21-,29-27-,53-51+,61-59+. The van der Waals surface area contributed by atoms with Crippen molar-refractivity contribution in [3.05, 3.63) is 72.9 Å². The average Bonchev–Trinajstić information content (AvgIpc) is 3.39. The third kappa shape index (κ3) is 61.4. The molecule has 1 amide bonds. The van der Waals surface area contributed by atoms with Crippen LogP contribution in [0.2, 0.25) is 0 Å². The number of hydrogen-bond acceptors (Lipinski definition) is 5. The Morgan fingerprint density at radius 2 is 0.792 bits per heavy atom. The minimum Gasteiger partial charge on any atom is -0.387 e. The molecule has 0 saturated heterocycles. The van der Waals surface area contributed by atoms with Crippen molar-refractivity contribution < 1.29 is 32.9 Å². The van der Waals surface area contributed by atoms with Gasteiger partial charge in [-0.25, -0.2) is 4.57 Å². The Morgan fingerprint density at radius 3 is 1.19 bits per heavy atom. The molecule has 0 aromatic heterocycles. The van der Waals surface area contributed by atoms with Crippen LogP contribution in [0.5, 0.6) is 0 Å². The van der Waals surface area contributed by atoms with Crippen LogP contribution in [-0.4, -0.2) is 73.4 Å². The summed E-state index contributed by atoms with van der Waals surface area (Å²) in [5.74, 6) is -0.191. The van der Waals surface area contributed by atoms with Gasteiger partial charge in [0, 0.05) is 6.42 Å². The number of carbonyl (C=O) groups is 1. The summed E-state index contributed by atoms with van der Waals surface area (Å²) in [6.45, 7) is 4.71. The minimum atomic E-state index is -4.36. The molecule has 0 spiro atoms. The van der Waals surface area contributed by atoms with Gasteiger partial charge >= 0.3 is 7.82 Å². The molecule has 0 radical (unpaired) electrons. The Hall–Kier alpha value is -2.06. The van der Waals surface area contributed by atoms with E-state index in [1.165, 1.54) is 218 Å². The molecule has 3 atom stereocenters. The first-order chi connectivity index (χ1) is 37.5. The van der Waals surface area contributed by atoms with Crippen LogP contribution in [0.4, 0.5) is 0 Å². The van der Waals surface area contributed by atoms with Crippen LogP contribution in [-0.2, 0) is 18.4 Å². The number of quaternary nitrogens is 1. The summed E-state index contributed by atoms with van der Waals surface area (Å²) in [5, 5.41) is 14.0. The van der Waals surface area contributed by atoms with Gasteiger partial charge in [0.1, 0.15) is 13.2 Å². The Labute approximate surface area is 478 Å². The molecular weight excluding hydrogens is 972 g/mol. The fourth-order valence-electron chi connectivity index (χ4n) is 9.58. The van der Waals surface area contributed by atoms with Crippen molar-refractivity contribution in [2.75, 3.05) is 40.9 Å². The van der Waals surface area contributed by atoms with Crippen molar-refractivity contribution in [1.82, 2.24) is 5.32 Å². The highest BCUT2D eigenvalue weighted by Crippen LogP contribution is 2.43. The van der Waals surface area contributed by atoms with Crippen LogP contribution < -0.4 is 5.32 Å². The maximum atomic E-state index is 13.0. The Bertz CT molecular complexity index is 1480. The second kappa shape index (κ2) is 58.6. The molecule has 0 bridgehead atoms. The highest BCUT2D eigenvalue weighted by atomic mass is 31.2. The van der Waals surface area contributed by atoms with Gasteiger partial charge in [0.2, 0.25) is 5.91 Å². The lowest BCUT2D eigenvalue weighted by atomic mass is 10.0. The number of phosphoric acid groups is 1. The van der Waals surface area contributed by atoms with E-state index in [4.69, 9.17) is 9.05 Å². The number of nitrogens with one attached hydrogen (secondary N) is 1. The minimum absolute atomic E-state index is 0.0528. The molecule has 0 heterocycles. The second-order valence-electron chi connectivity index (χ2n) is 23.5. The number of hydrogen-bond donors (Lipinski definition) is 3. The van der Waals surface area contributed by atoms with Crippen molar-refractivity contribution in [3.8, 4) is 0 Å². The summed E-state index contributed by atoms with van der Waals surface area (Å²) < 4.78 is 23.8. The zero-order chi connectivity index (χ0) is 56.3. The lowest BCUT2D eigenvalue weighted by Crippen LogP contribution is -2.45. The first kappa shape index (κ1) is 74.9. The van der Waals surface area contributed by atoms with E-state index in [1.54, 1.807) is 6.08 Å². The maximum absolute atomic E-state index is 13.0. The van der Waals surface area contributed by atoms with E-state index in [1.807, 2.05) is 27.2 Å². The van der Waals surface area contributed by atoms with Crippen molar-refractivity contribution >= 4 is 13.7 Å². The first-order valence-electron chi connectivity index (χ1n) is 32.8. The summed E-state index contributed by atoms with van der Waals surface area (Å²) >= 11 is 0. The third-order valence-electron chi connectivity index (χ3n) is 14.7. The molecule has 0 rings (SSSR count). The molecule has 0 aliphatic heterocycles. The lowest BCUT2D eigenvalue weighted by molar-refractivity contribution is -0.870. The topological polar surface area (TPSA) is 105 Å². The Morgan fingerprint density at radius 1 is 0.455 bits per heavy atom. The molecule has 3 unspecified atom stereocenters. The molecule has 0 aliphatic rings.